The molecule has 19 nitrogen and oxygen atoms in total. The Balaban J connectivity index is -0.000000212. The molecule has 2 aliphatic carbocycles. The zero-order chi connectivity index (χ0) is 69.0. The molecule has 2 rings (SSSR count). The number of rotatable bonds is 8. The summed E-state index contributed by atoms with van der Waals surface area (Å²) in [5, 5.41) is 25.5. The van der Waals surface area contributed by atoms with E-state index in [1.807, 2.05) is 173 Å². The van der Waals surface area contributed by atoms with Gasteiger partial charge in [0.1, 0.15) is 14.6 Å². The topological polar surface area (TPSA) is 282 Å². The first-order chi connectivity index (χ1) is 37.6. The third-order valence-electron chi connectivity index (χ3n) is 8.86. The standard InChI is InChI=1S/C12H19NO.C11H21NOSi.C8H15NO.C8H13NO.C7H15NO.C7H13NO.C6H12N4O.C6H13NO/c1-12(2,3)13-11(14)10-7-8-4-5-9(10)6-8;1-11(2,3)12-10(13)8-7-9-14(4,5)6;1-6(2)7(10)9-8(3,4)5;1-5-6-7(10)9-8(2,3)4;2*1-5-6(9)8-7(2,3)4;1-6(2,3)9-5(11)4-8-10-7;1-5(8)7-6(2,3)4/h4-5,8-10H,6-7H2,1-3H3,(H,13,14);8H2,1-6H3,(H,12,13);1H2,2-5H3,(H,9,10);1H,6H2,2-4H3,(H,9,10);5H2,1-4H3,(H,8,9);5H,1H2,2-4H3,(H,8,9);4H2,1-3H3,(H,9,11);1-4H3,(H,7,8). The van der Waals surface area contributed by atoms with Crippen LogP contribution in [0.3, 0.4) is 0 Å². The number of amides is 8. The third kappa shape index (κ3) is 75.6. The van der Waals surface area contributed by atoms with Gasteiger partial charge in [0.15, 0.2) is 0 Å². The number of hydrogen-bond donors (Lipinski definition) is 8. The van der Waals surface area contributed by atoms with Crippen molar-refractivity contribution < 1.29 is 38.4 Å². The third-order valence-corrected chi connectivity index (χ3v) is 9.78. The number of hydrogen-bond acceptors (Lipinski definition) is 9. The molecule has 0 aliphatic heterocycles. The SMILES string of the molecule is C#CCC(=O)NC(C)(C)C.C=C(C)C(=O)NC(C)(C)C.C=CC(=O)NC(C)(C)C.CC(=O)NC(C)(C)C.CC(C)(C)NC(=O)C1CC2C=CC1C2.CC(C)(C)NC(=O)CC#C[Si](C)(C)C.CC(C)(C)NC(=O)CN=[N+]=[N-].CCC(=O)NC(C)(C)C. The van der Waals surface area contributed by atoms with Crippen LogP contribution in [0.4, 0.5) is 0 Å². The van der Waals surface area contributed by atoms with Gasteiger partial charge in [-0.05, 0) is 209 Å². The largest absolute Gasteiger partial charge is 0.352 e. The molecule has 8 amide bonds. The van der Waals surface area contributed by atoms with Crippen LogP contribution in [-0.2, 0) is 38.4 Å². The molecule has 3 atom stereocenters. The molecule has 0 aromatic heterocycles. The van der Waals surface area contributed by atoms with E-state index in [-0.39, 0.29) is 110 Å². The highest BCUT2D eigenvalue weighted by atomic mass is 28.3. The first-order valence-electron chi connectivity index (χ1n) is 29.0. The number of fused-ring (bicyclic) bond motifs is 2. The fourth-order valence-electron chi connectivity index (χ4n) is 6.41. The quantitative estimate of drug-likeness (QED) is 0.0219. The number of carbonyl (C=O) groups excluding carboxylic acids is 8. The maximum atomic E-state index is 11.9. The number of terminal acetylenes is 1. The summed E-state index contributed by atoms with van der Waals surface area (Å²) in [4.78, 5) is 90.0. The van der Waals surface area contributed by atoms with Crippen LogP contribution < -0.4 is 42.5 Å². The Hall–Kier alpha value is -6.37. The number of nitrogens with one attached hydrogen (secondary N) is 8. The maximum absolute atomic E-state index is 11.9. The first-order valence-corrected chi connectivity index (χ1v) is 32.5. The molecule has 0 saturated heterocycles. The van der Waals surface area contributed by atoms with Crippen LogP contribution in [-0.4, -0.2) is 106 Å². The van der Waals surface area contributed by atoms with Gasteiger partial charge in [0, 0.05) is 74.1 Å². The lowest BCUT2D eigenvalue weighted by atomic mass is 9.92. The molecule has 85 heavy (non-hydrogen) atoms. The molecular weight excluding hydrogens is 1090 g/mol. The summed E-state index contributed by atoms with van der Waals surface area (Å²) in [5.74, 6) is 6.52. The van der Waals surface area contributed by atoms with E-state index in [0.29, 0.717) is 30.3 Å². The van der Waals surface area contributed by atoms with E-state index in [9.17, 15) is 38.4 Å². The molecule has 0 heterocycles. The van der Waals surface area contributed by atoms with E-state index in [4.69, 9.17) is 12.0 Å². The monoisotopic (exact) mass is 1210 g/mol. The summed E-state index contributed by atoms with van der Waals surface area (Å²) in [6.45, 7) is 65.0. The Kier molecular flexibility index (Phi) is 43.2. The summed E-state index contributed by atoms with van der Waals surface area (Å²) >= 11 is 0. The Bertz CT molecular complexity index is 2310. The second-order valence-electron chi connectivity index (χ2n) is 30.0. The van der Waals surface area contributed by atoms with E-state index in [1.54, 1.807) is 6.92 Å². The van der Waals surface area contributed by atoms with Crippen LogP contribution in [0.2, 0.25) is 19.6 Å². The highest BCUT2D eigenvalue weighted by Crippen LogP contribution is 2.43. The molecule has 0 aromatic rings. The number of azide groups is 1. The Morgan fingerprint density at radius 3 is 1.19 bits per heavy atom. The molecule has 2 aliphatic rings. The van der Waals surface area contributed by atoms with E-state index < -0.39 is 8.07 Å². The van der Waals surface area contributed by atoms with Gasteiger partial charge < -0.3 is 42.5 Å². The number of carbonyl (C=O) groups is 8. The van der Waals surface area contributed by atoms with Crippen LogP contribution in [0.1, 0.15) is 219 Å². The molecule has 1 fully saturated rings. The molecule has 8 N–H and O–H groups in total. The van der Waals surface area contributed by atoms with Crippen molar-refractivity contribution >= 4 is 55.3 Å². The van der Waals surface area contributed by atoms with E-state index in [0.717, 1.165) is 6.42 Å². The van der Waals surface area contributed by atoms with Crippen LogP contribution in [0.25, 0.3) is 10.4 Å². The Morgan fingerprint density at radius 1 is 0.576 bits per heavy atom. The predicted octanol–water partition coefficient (Wildman–Crippen LogP) is 11.2. The van der Waals surface area contributed by atoms with Crippen LogP contribution >= 0.6 is 0 Å². The number of nitrogens with zero attached hydrogens (tertiary/aromatic N) is 3. The zero-order valence-electron chi connectivity index (χ0n) is 58.8. The molecule has 0 aromatic carbocycles. The molecule has 3 unspecified atom stereocenters. The minimum absolute atomic E-state index is 0.0169. The molecule has 20 heteroatoms. The average Bonchev–Trinajstić information content (AvgIpc) is 3.87. The Labute approximate surface area is 517 Å². The molecule has 1 saturated carbocycles. The van der Waals surface area contributed by atoms with E-state index in [2.05, 4.69) is 115 Å². The van der Waals surface area contributed by atoms with Gasteiger partial charge in [-0.1, -0.05) is 62.9 Å². The highest BCUT2D eigenvalue weighted by Gasteiger charge is 2.40. The van der Waals surface area contributed by atoms with Gasteiger partial charge >= 0.3 is 0 Å². The molecule has 2 bridgehead atoms. The lowest BCUT2D eigenvalue weighted by molar-refractivity contribution is -0.127. The zero-order valence-corrected chi connectivity index (χ0v) is 59.8. The number of allylic oxidation sites excluding steroid dienone is 2. The summed E-state index contributed by atoms with van der Waals surface area (Å²) in [5.41, 5.74) is 10.5. The van der Waals surface area contributed by atoms with Crippen LogP contribution in [0, 0.1) is 41.6 Å². The fourth-order valence-corrected chi connectivity index (χ4v) is 7.03. The van der Waals surface area contributed by atoms with Gasteiger partial charge in [-0.25, -0.2) is 0 Å². The van der Waals surface area contributed by atoms with Crippen LogP contribution in [0.15, 0.2) is 42.1 Å². The first kappa shape index (κ1) is 89.8. The van der Waals surface area contributed by atoms with Crippen molar-refractivity contribution in [1.82, 2.24) is 42.5 Å². The second kappa shape index (κ2) is 40.9. The van der Waals surface area contributed by atoms with Crippen molar-refractivity contribution in [3.8, 4) is 23.8 Å². The maximum Gasteiger partial charge on any atom is 0.246 e. The van der Waals surface area contributed by atoms with Crippen molar-refractivity contribution in [2.24, 2.45) is 22.9 Å². The van der Waals surface area contributed by atoms with Crippen molar-refractivity contribution in [1.29, 1.82) is 0 Å². The van der Waals surface area contributed by atoms with Gasteiger partial charge in [-0.15, -0.1) is 17.9 Å². The average molecular weight is 1210 g/mol. The van der Waals surface area contributed by atoms with Gasteiger partial charge in [0.05, 0.1) is 12.8 Å². The van der Waals surface area contributed by atoms with Crippen molar-refractivity contribution in [3.63, 3.8) is 0 Å². The smallest absolute Gasteiger partial charge is 0.246 e. The summed E-state index contributed by atoms with van der Waals surface area (Å²) in [6.07, 6.45) is 14.0. The van der Waals surface area contributed by atoms with E-state index >= 15 is 0 Å². The fraction of sp³-hybridized carbons (Fsp3) is 0.723. The lowest BCUT2D eigenvalue weighted by Crippen LogP contribution is -2.44. The molecule has 0 spiro atoms. The van der Waals surface area contributed by atoms with Gasteiger partial charge in [0.25, 0.3) is 0 Å². The van der Waals surface area contributed by atoms with Gasteiger partial charge in [-0.3, -0.25) is 38.4 Å². The minimum Gasteiger partial charge on any atom is -0.352 e. The van der Waals surface area contributed by atoms with Crippen molar-refractivity contribution in [2.75, 3.05) is 6.54 Å². The second-order valence-corrected chi connectivity index (χ2v) is 34.8. The molecular formula is C65H121N11O8Si. The lowest BCUT2D eigenvalue weighted by Gasteiger charge is -2.25. The minimum atomic E-state index is -1.32. The van der Waals surface area contributed by atoms with Crippen molar-refractivity contribution in [3.05, 3.63) is 47.4 Å². The van der Waals surface area contributed by atoms with Gasteiger partial charge in [0.2, 0.25) is 47.3 Å². The highest BCUT2D eigenvalue weighted by molar-refractivity contribution is 6.83. The predicted molar refractivity (Wildman–Crippen MR) is 356 cm³/mol. The van der Waals surface area contributed by atoms with E-state index in [1.165, 1.54) is 19.4 Å². The molecule has 488 valence electrons. The van der Waals surface area contributed by atoms with Gasteiger partial charge in [-0.2, -0.15) is 0 Å². The molecule has 0 radical (unpaired) electrons. The van der Waals surface area contributed by atoms with Crippen LogP contribution in [0.5, 0.6) is 0 Å². The summed E-state index contributed by atoms with van der Waals surface area (Å²) in [7, 11) is -1.32. The Morgan fingerprint density at radius 2 is 0.953 bits per heavy atom. The normalized spacial score (nSPS) is 14.8. The summed E-state index contributed by atoms with van der Waals surface area (Å²) < 4.78 is 0. The summed E-state index contributed by atoms with van der Waals surface area (Å²) in [6, 6.07) is 0. The van der Waals surface area contributed by atoms with Crippen molar-refractivity contribution in [2.45, 2.75) is 283 Å².